The van der Waals surface area contributed by atoms with Gasteiger partial charge in [0.25, 0.3) is 0 Å². The van der Waals surface area contributed by atoms with Gasteiger partial charge in [0.1, 0.15) is 0 Å². The first-order chi connectivity index (χ1) is 11.0. The van der Waals surface area contributed by atoms with Crippen molar-refractivity contribution in [2.45, 2.75) is 6.92 Å². The molecule has 1 aliphatic rings. The molecule has 2 heterocycles. The number of carbonyl (C=O) groups is 1. The van der Waals surface area contributed by atoms with E-state index in [0.717, 1.165) is 29.5 Å². The topological polar surface area (TPSA) is 53.4 Å². The Kier molecular flexibility index (Phi) is 4.43. The zero-order valence-corrected chi connectivity index (χ0v) is 14.0. The van der Waals surface area contributed by atoms with Crippen molar-refractivity contribution in [2.24, 2.45) is 7.05 Å². The molecule has 0 saturated carbocycles. The molecule has 1 aliphatic heterocycles. The van der Waals surface area contributed by atoms with Crippen LogP contribution in [0, 0.1) is 6.92 Å². The number of carbonyl (C=O) groups excluding carboxylic acids is 1. The van der Waals surface area contributed by atoms with E-state index in [0.29, 0.717) is 18.9 Å². The summed E-state index contributed by atoms with van der Waals surface area (Å²) in [6.45, 7) is 4.87. The number of aromatic nitrogens is 2. The van der Waals surface area contributed by atoms with Crippen LogP contribution in [0.2, 0.25) is 5.02 Å². The predicted octanol–water partition coefficient (Wildman–Crippen LogP) is 2.74. The van der Waals surface area contributed by atoms with E-state index in [1.54, 1.807) is 4.68 Å². The van der Waals surface area contributed by atoms with Crippen molar-refractivity contribution in [3.63, 3.8) is 0 Å². The summed E-state index contributed by atoms with van der Waals surface area (Å²) in [5.74, 6) is 0.590. The molecule has 0 unspecified atom stereocenters. The van der Waals surface area contributed by atoms with Crippen molar-refractivity contribution in [2.75, 3.05) is 36.4 Å². The molecule has 6 nitrogen and oxygen atoms in total. The van der Waals surface area contributed by atoms with Gasteiger partial charge in [-0.1, -0.05) is 17.7 Å². The molecule has 0 radical (unpaired) electrons. The SMILES string of the molecule is Cc1cc(NC(=O)N2CCN(c3cccc(Cl)c3)CC2)nn1C. The number of urea groups is 1. The van der Waals surface area contributed by atoms with Crippen LogP contribution in [0.4, 0.5) is 16.3 Å². The molecule has 0 bridgehead atoms. The summed E-state index contributed by atoms with van der Waals surface area (Å²) in [4.78, 5) is 16.4. The van der Waals surface area contributed by atoms with Crippen molar-refractivity contribution in [3.05, 3.63) is 41.0 Å². The number of anilines is 2. The van der Waals surface area contributed by atoms with Gasteiger partial charge in [0.15, 0.2) is 5.82 Å². The monoisotopic (exact) mass is 333 g/mol. The van der Waals surface area contributed by atoms with Gasteiger partial charge in [-0.05, 0) is 25.1 Å². The number of rotatable bonds is 2. The second-order valence-electron chi connectivity index (χ2n) is 5.68. The third kappa shape index (κ3) is 3.59. The molecule has 7 heteroatoms. The number of aryl methyl sites for hydroxylation is 2. The van der Waals surface area contributed by atoms with Gasteiger partial charge < -0.3 is 9.80 Å². The summed E-state index contributed by atoms with van der Waals surface area (Å²) in [7, 11) is 1.86. The van der Waals surface area contributed by atoms with E-state index in [-0.39, 0.29) is 6.03 Å². The Labute approximate surface area is 140 Å². The molecule has 0 atom stereocenters. The van der Waals surface area contributed by atoms with Crippen molar-refractivity contribution in [3.8, 4) is 0 Å². The molecule has 1 fully saturated rings. The number of hydrogen-bond donors (Lipinski definition) is 1. The van der Waals surface area contributed by atoms with E-state index in [2.05, 4.69) is 15.3 Å². The fourth-order valence-corrected chi connectivity index (χ4v) is 2.84. The highest BCUT2D eigenvalue weighted by Gasteiger charge is 2.22. The van der Waals surface area contributed by atoms with Crippen molar-refractivity contribution in [1.29, 1.82) is 0 Å². The molecule has 2 amide bonds. The van der Waals surface area contributed by atoms with Crippen LogP contribution < -0.4 is 10.2 Å². The van der Waals surface area contributed by atoms with Crippen molar-refractivity contribution in [1.82, 2.24) is 14.7 Å². The third-order valence-corrected chi connectivity index (χ3v) is 4.32. The summed E-state index contributed by atoms with van der Waals surface area (Å²) >= 11 is 6.04. The number of benzene rings is 1. The fraction of sp³-hybridized carbons (Fsp3) is 0.375. The first-order valence-corrected chi connectivity index (χ1v) is 7.98. The summed E-state index contributed by atoms with van der Waals surface area (Å²) in [6.07, 6.45) is 0. The number of amides is 2. The quantitative estimate of drug-likeness (QED) is 0.919. The summed E-state index contributed by atoms with van der Waals surface area (Å²) in [5.41, 5.74) is 2.10. The molecular formula is C16H20ClN5O. The van der Waals surface area contributed by atoms with Crippen molar-refractivity contribution >= 4 is 29.1 Å². The Morgan fingerprint density at radius 1 is 1.22 bits per heavy atom. The lowest BCUT2D eigenvalue weighted by atomic mass is 10.2. The Hall–Kier alpha value is -2.21. The van der Waals surface area contributed by atoms with E-state index in [9.17, 15) is 4.79 Å². The Morgan fingerprint density at radius 3 is 2.57 bits per heavy atom. The van der Waals surface area contributed by atoms with Crippen LogP contribution in [0.3, 0.4) is 0 Å². The van der Waals surface area contributed by atoms with Crippen LogP contribution in [0.15, 0.2) is 30.3 Å². The van der Waals surface area contributed by atoms with Crippen LogP contribution in [0.1, 0.15) is 5.69 Å². The van der Waals surface area contributed by atoms with E-state index in [4.69, 9.17) is 11.6 Å². The molecule has 0 aliphatic carbocycles. The minimum absolute atomic E-state index is 0.103. The maximum absolute atomic E-state index is 12.3. The van der Waals surface area contributed by atoms with E-state index in [1.807, 2.05) is 49.2 Å². The maximum Gasteiger partial charge on any atom is 0.323 e. The van der Waals surface area contributed by atoms with Crippen LogP contribution in [-0.4, -0.2) is 46.9 Å². The van der Waals surface area contributed by atoms with E-state index in [1.165, 1.54) is 0 Å². The average Bonchev–Trinajstić information content (AvgIpc) is 2.85. The molecule has 0 spiro atoms. The zero-order valence-electron chi connectivity index (χ0n) is 13.3. The number of piperazine rings is 1. The molecular weight excluding hydrogens is 314 g/mol. The first-order valence-electron chi connectivity index (χ1n) is 7.60. The van der Waals surface area contributed by atoms with E-state index >= 15 is 0 Å². The lowest BCUT2D eigenvalue weighted by molar-refractivity contribution is 0.208. The summed E-state index contributed by atoms with van der Waals surface area (Å²) < 4.78 is 1.74. The third-order valence-electron chi connectivity index (χ3n) is 4.09. The highest BCUT2D eigenvalue weighted by atomic mass is 35.5. The predicted molar refractivity (Wildman–Crippen MR) is 92.2 cm³/mol. The number of hydrogen-bond acceptors (Lipinski definition) is 3. The largest absolute Gasteiger partial charge is 0.368 e. The van der Waals surface area contributed by atoms with Crippen LogP contribution in [-0.2, 0) is 7.05 Å². The normalized spacial score (nSPS) is 14.9. The van der Waals surface area contributed by atoms with Gasteiger partial charge in [-0.2, -0.15) is 5.10 Å². The number of halogens is 1. The second kappa shape index (κ2) is 6.50. The molecule has 1 saturated heterocycles. The van der Waals surface area contributed by atoms with Crippen LogP contribution in [0.25, 0.3) is 0 Å². The smallest absolute Gasteiger partial charge is 0.323 e. The molecule has 122 valence electrons. The Bertz CT molecular complexity index is 687. The average molecular weight is 334 g/mol. The highest BCUT2D eigenvalue weighted by molar-refractivity contribution is 6.30. The van der Waals surface area contributed by atoms with Gasteiger partial charge in [-0.15, -0.1) is 0 Å². The minimum Gasteiger partial charge on any atom is -0.368 e. The number of nitrogens with one attached hydrogen (secondary N) is 1. The Balaban J connectivity index is 1.57. The van der Waals surface area contributed by atoms with Gasteiger partial charge in [-0.25, -0.2) is 4.79 Å². The standard InChI is InChI=1S/C16H20ClN5O/c1-12-10-15(19-20(12)2)18-16(23)22-8-6-21(7-9-22)14-5-3-4-13(17)11-14/h3-5,10-11H,6-9H2,1-2H3,(H,18,19,23). The van der Waals surface area contributed by atoms with Crippen molar-refractivity contribution < 1.29 is 4.79 Å². The van der Waals surface area contributed by atoms with Crippen LogP contribution in [0.5, 0.6) is 0 Å². The van der Waals surface area contributed by atoms with Gasteiger partial charge in [-0.3, -0.25) is 10.00 Å². The molecule has 1 N–H and O–H groups in total. The molecule has 1 aromatic carbocycles. The summed E-state index contributed by atoms with van der Waals surface area (Å²) in [5, 5.41) is 7.83. The molecule has 2 aromatic rings. The zero-order chi connectivity index (χ0) is 16.4. The first kappa shape index (κ1) is 15.7. The summed E-state index contributed by atoms with van der Waals surface area (Å²) in [6, 6.07) is 9.56. The lowest BCUT2D eigenvalue weighted by Crippen LogP contribution is -2.50. The van der Waals surface area contributed by atoms with Gasteiger partial charge >= 0.3 is 6.03 Å². The van der Waals surface area contributed by atoms with E-state index < -0.39 is 0 Å². The molecule has 23 heavy (non-hydrogen) atoms. The lowest BCUT2D eigenvalue weighted by Gasteiger charge is -2.36. The second-order valence-corrected chi connectivity index (χ2v) is 6.12. The number of nitrogens with zero attached hydrogens (tertiary/aromatic N) is 4. The van der Waals surface area contributed by atoms with Crippen LogP contribution >= 0.6 is 11.6 Å². The van der Waals surface area contributed by atoms with Gasteiger partial charge in [0.2, 0.25) is 0 Å². The van der Waals surface area contributed by atoms with Gasteiger partial charge in [0.05, 0.1) is 0 Å². The Morgan fingerprint density at radius 2 is 1.96 bits per heavy atom. The molecule has 1 aromatic heterocycles. The maximum atomic E-state index is 12.3. The fourth-order valence-electron chi connectivity index (χ4n) is 2.65. The van der Waals surface area contributed by atoms with Gasteiger partial charge in [0, 0.05) is 55.7 Å². The highest BCUT2D eigenvalue weighted by Crippen LogP contribution is 2.21. The minimum atomic E-state index is -0.103. The molecule has 3 rings (SSSR count).